The maximum atomic E-state index is 13.5. The highest BCUT2D eigenvalue weighted by molar-refractivity contribution is 7.89. The zero-order chi connectivity index (χ0) is 21.3. The van der Waals surface area contributed by atoms with Gasteiger partial charge in [0.2, 0.25) is 0 Å². The SMILES string of the molecule is Cc1ccc2c(c1)CN(S(=O)(=O)C(F)(F)F)CC(C13CC(C1)C3)N2Cc1cnc[nH]1. The second-order valence-electron chi connectivity index (χ2n) is 8.94. The standard InChI is InChI=1S/C20H23F3N4O2S/c1-13-2-3-17-15(4-13)9-26(30(28,29)20(21,22)23)11-18(19-5-14(6-19)7-19)27(17)10-16-8-24-12-25-16/h2-4,8,12,14,18H,5-7,9-11H2,1H3,(H,24,25). The van der Waals surface area contributed by atoms with Crippen molar-refractivity contribution in [2.24, 2.45) is 11.3 Å². The number of fused-ring (bicyclic) bond motifs is 1. The first-order valence-electron chi connectivity index (χ1n) is 9.99. The third-order valence-electron chi connectivity index (χ3n) is 6.96. The molecule has 6 rings (SSSR count). The maximum Gasteiger partial charge on any atom is 0.511 e. The minimum atomic E-state index is -5.44. The average Bonchev–Trinajstić information content (AvgIpc) is 3.03. The first kappa shape index (κ1) is 19.9. The third kappa shape index (κ3) is 2.95. The van der Waals surface area contributed by atoms with Crippen molar-refractivity contribution in [1.29, 1.82) is 0 Å². The van der Waals surface area contributed by atoms with E-state index in [0.717, 1.165) is 36.2 Å². The Labute approximate surface area is 173 Å². The quantitative estimate of drug-likeness (QED) is 0.790. The van der Waals surface area contributed by atoms with E-state index in [-0.39, 0.29) is 24.5 Å². The molecule has 1 aromatic heterocycles. The summed E-state index contributed by atoms with van der Waals surface area (Å²) in [7, 11) is -5.44. The lowest BCUT2D eigenvalue weighted by molar-refractivity contribution is -0.129. The number of imidazole rings is 1. The topological polar surface area (TPSA) is 69.3 Å². The molecule has 1 aliphatic heterocycles. The van der Waals surface area contributed by atoms with Crippen molar-refractivity contribution in [3.05, 3.63) is 47.5 Å². The van der Waals surface area contributed by atoms with Gasteiger partial charge in [-0.15, -0.1) is 0 Å². The van der Waals surface area contributed by atoms with Gasteiger partial charge in [-0.2, -0.15) is 17.5 Å². The number of nitrogens with one attached hydrogen (secondary N) is 1. The fourth-order valence-corrected chi connectivity index (χ4v) is 6.33. The summed E-state index contributed by atoms with van der Waals surface area (Å²) in [5.74, 6) is 0.618. The van der Waals surface area contributed by atoms with Crippen LogP contribution in [0.1, 0.15) is 36.1 Å². The minimum absolute atomic E-state index is 0.128. The summed E-state index contributed by atoms with van der Waals surface area (Å²) in [5, 5.41) is 0. The van der Waals surface area contributed by atoms with Gasteiger partial charge in [-0.1, -0.05) is 17.7 Å². The van der Waals surface area contributed by atoms with Crippen molar-refractivity contribution in [3.8, 4) is 0 Å². The van der Waals surface area contributed by atoms with Crippen LogP contribution in [0.5, 0.6) is 0 Å². The predicted molar refractivity (Wildman–Crippen MR) is 105 cm³/mol. The molecule has 0 spiro atoms. The summed E-state index contributed by atoms with van der Waals surface area (Å²) in [4.78, 5) is 9.23. The number of nitrogens with zero attached hydrogens (tertiary/aromatic N) is 3. The van der Waals surface area contributed by atoms with E-state index in [2.05, 4.69) is 14.9 Å². The van der Waals surface area contributed by atoms with Crippen LogP contribution < -0.4 is 4.90 Å². The largest absolute Gasteiger partial charge is 0.511 e. The molecular formula is C20H23F3N4O2S. The number of aromatic amines is 1. The van der Waals surface area contributed by atoms with Crippen LogP contribution in [0, 0.1) is 18.3 Å². The van der Waals surface area contributed by atoms with Gasteiger partial charge in [0.1, 0.15) is 0 Å². The lowest BCUT2D eigenvalue weighted by Gasteiger charge is -2.67. The molecular weight excluding hydrogens is 417 g/mol. The van der Waals surface area contributed by atoms with Crippen LogP contribution in [-0.2, 0) is 23.1 Å². The molecule has 0 radical (unpaired) electrons. The van der Waals surface area contributed by atoms with Crippen LogP contribution in [0.3, 0.4) is 0 Å². The monoisotopic (exact) mass is 440 g/mol. The van der Waals surface area contributed by atoms with Gasteiger partial charge in [-0.25, -0.2) is 13.4 Å². The van der Waals surface area contributed by atoms with E-state index in [1.54, 1.807) is 18.6 Å². The third-order valence-corrected chi connectivity index (χ3v) is 8.51. The first-order chi connectivity index (χ1) is 14.1. The minimum Gasteiger partial charge on any atom is -0.361 e. The first-order valence-corrected chi connectivity index (χ1v) is 11.4. The van der Waals surface area contributed by atoms with Gasteiger partial charge < -0.3 is 9.88 Å². The highest BCUT2D eigenvalue weighted by Gasteiger charge is 2.63. The molecule has 2 bridgehead atoms. The van der Waals surface area contributed by atoms with Crippen LogP contribution in [0.4, 0.5) is 18.9 Å². The van der Waals surface area contributed by atoms with E-state index in [1.165, 1.54) is 0 Å². The van der Waals surface area contributed by atoms with Crippen LogP contribution in [0.25, 0.3) is 0 Å². The number of aromatic nitrogens is 2. The molecule has 2 aromatic rings. The zero-order valence-electron chi connectivity index (χ0n) is 16.5. The summed E-state index contributed by atoms with van der Waals surface area (Å²) < 4.78 is 66.0. The normalized spacial score (nSPS) is 29.0. The predicted octanol–water partition coefficient (Wildman–Crippen LogP) is 3.56. The maximum absolute atomic E-state index is 13.5. The molecule has 0 amide bonds. The van der Waals surface area contributed by atoms with Crippen molar-refractivity contribution in [2.45, 2.75) is 50.8 Å². The zero-order valence-corrected chi connectivity index (χ0v) is 17.3. The van der Waals surface area contributed by atoms with E-state index < -0.39 is 15.5 Å². The molecule has 1 atom stereocenters. The number of benzene rings is 1. The Morgan fingerprint density at radius 1 is 1.27 bits per heavy atom. The lowest BCUT2D eigenvalue weighted by Crippen LogP contribution is -2.66. The molecule has 1 aromatic carbocycles. The second kappa shape index (κ2) is 6.46. The number of halogens is 3. The average molecular weight is 440 g/mol. The Morgan fingerprint density at radius 3 is 2.57 bits per heavy atom. The molecule has 6 nitrogen and oxygen atoms in total. The van der Waals surface area contributed by atoms with Crippen LogP contribution in [0.15, 0.2) is 30.7 Å². The van der Waals surface area contributed by atoms with Gasteiger partial charge >= 0.3 is 15.5 Å². The molecule has 1 N–H and O–H groups in total. The van der Waals surface area contributed by atoms with Crippen molar-refractivity contribution >= 4 is 15.7 Å². The van der Waals surface area contributed by atoms with Gasteiger partial charge in [0.25, 0.3) is 0 Å². The second-order valence-corrected chi connectivity index (χ2v) is 10.9. The van der Waals surface area contributed by atoms with E-state index in [9.17, 15) is 21.6 Å². The molecule has 3 aliphatic carbocycles. The van der Waals surface area contributed by atoms with Crippen LogP contribution >= 0.6 is 0 Å². The number of aryl methyl sites for hydroxylation is 1. The Balaban J connectivity index is 1.63. The van der Waals surface area contributed by atoms with Crippen LogP contribution in [0.2, 0.25) is 0 Å². The van der Waals surface area contributed by atoms with E-state index in [0.29, 0.717) is 22.3 Å². The Bertz CT molecular complexity index is 1050. The molecule has 30 heavy (non-hydrogen) atoms. The van der Waals surface area contributed by atoms with Gasteiger partial charge in [-0.05, 0) is 49.1 Å². The van der Waals surface area contributed by atoms with Crippen molar-refractivity contribution < 1.29 is 21.6 Å². The highest BCUT2D eigenvalue weighted by Crippen LogP contribution is 2.67. The number of anilines is 1. The number of alkyl halides is 3. The van der Waals surface area contributed by atoms with E-state index in [4.69, 9.17) is 0 Å². The molecule has 162 valence electrons. The Morgan fingerprint density at radius 2 is 2.00 bits per heavy atom. The number of hydrogen-bond acceptors (Lipinski definition) is 4. The highest BCUT2D eigenvalue weighted by atomic mass is 32.2. The lowest BCUT2D eigenvalue weighted by atomic mass is 9.41. The molecule has 0 saturated heterocycles. The van der Waals surface area contributed by atoms with Crippen LogP contribution in [-0.4, -0.2) is 40.8 Å². The smallest absolute Gasteiger partial charge is 0.361 e. The fraction of sp³-hybridized carbons (Fsp3) is 0.550. The number of sulfonamides is 1. The van der Waals surface area contributed by atoms with Gasteiger partial charge in [-0.3, -0.25) is 0 Å². The van der Waals surface area contributed by atoms with E-state index >= 15 is 0 Å². The van der Waals surface area contributed by atoms with E-state index in [1.807, 2.05) is 19.1 Å². The molecule has 1 unspecified atom stereocenters. The number of rotatable bonds is 4. The van der Waals surface area contributed by atoms with Gasteiger partial charge in [0.05, 0.1) is 18.6 Å². The fourth-order valence-electron chi connectivity index (χ4n) is 5.39. The summed E-state index contributed by atoms with van der Waals surface area (Å²) in [6.07, 6.45) is 6.09. The molecule has 4 aliphatic rings. The molecule has 2 heterocycles. The Hall–Kier alpha value is -2.07. The van der Waals surface area contributed by atoms with Crippen molar-refractivity contribution in [3.63, 3.8) is 0 Å². The summed E-state index contributed by atoms with van der Waals surface area (Å²) in [6, 6.07) is 5.29. The molecule has 3 saturated carbocycles. The summed E-state index contributed by atoms with van der Waals surface area (Å²) in [5.41, 5.74) is -2.34. The summed E-state index contributed by atoms with van der Waals surface area (Å²) >= 11 is 0. The van der Waals surface area contributed by atoms with Gasteiger partial charge in [0, 0.05) is 31.0 Å². The molecule has 3 fully saturated rings. The van der Waals surface area contributed by atoms with Crippen molar-refractivity contribution in [2.75, 3.05) is 11.4 Å². The number of hydrogen-bond donors (Lipinski definition) is 1. The van der Waals surface area contributed by atoms with Crippen molar-refractivity contribution in [1.82, 2.24) is 14.3 Å². The summed E-state index contributed by atoms with van der Waals surface area (Å²) in [6.45, 7) is 1.84. The van der Waals surface area contributed by atoms with Gasteiger partial charge in [0.15, 0.2) is 0 Å². The Kier molecular flexibility index (Phi) is 4.28. The molecule has 10 heteroatoms. The number of H-pyrrole nitrogens is 1.